The van der Waals surface area contributed by atoms with Crippen molar-refractivity contribution < 1.29 is 13.2 Å². The SMILES string of the molecule is CC1CC(C)CN(C(=O)c2cccc(S(=O)(=O)NC(C)C)c2)C1. The first-order chi connectivity index (χ1) is 10.7. The van der Waals surface area contributed by atoms with E-state index in [9.17, 15) is 13.2 Å². The van der Waals surface area contributed by atoms with Crippen molar-refractivity contribution in [2.24, 2.45) is 11.8 Å². The van der Waals surface area contributed by atoms with Crippen LogP contribution >= 0.6 is 0 Å². The molecular weight excluding hydrogens is 312 g/mol. The van der Waals surface area contributed by atoms with E-state index in [4.69, 9.17) is 0 Å². The Bertz CT molecular complexity index is 660. The molecular formula is C17H26N2O3S. The molecule has 1 saturated heterocycles. The van der Waals surface area contributed by atoms with E-state index in [-0.39, 0.29) is 16.8 Å². The summed E-state index contributed by atoms with van der Waals surface area (Å²) in [5.74, 6) is 0.847. The van der Waals surface area contributed by atoms with Gasteiger partial charge in [0.25, 0.3) is 5.91 Å². The third-order valence-electron chi connectivity index (χ3n) is 3.94. The fourth-order valence-corrected chi connectivity index (χ4v) is 4.48. The van der Waals surface area contributed by atoms with Gasteiger partial charge >= 0.3 is 0 Å². The smallest absolute Gasteiger partial charge is 0.253 e. The zero-order valence-electron chi connectivity index (χ0n) is 14.2. The highest BCUT2D eigenvalue weighted by Crippen LogP contribution is 2.23. The maximum Gasteiger partial charge on any atom is 0.253 e. The second-order valence-electron chi connectivity index (χ2n) is 6.96. The molecule has 2 atom stereocenters. The molecule has 2 unspecified atom stereocenters. The molecule has 0 aromatic heterocycles. The Morgan fingerprint density at radius 3 is 2.39 bits per heavy atom. The molecule has 0 aliphatic carbocycles. The van der Waals surface area contributed by atoms with E-state index in [1.165, 1.54) is 12.1 Å². The van der Waals surface area contributed by atoms with Crippen molar-refractivity contribution in [3.63, 3.8) is 0 Å². The number of carbonyl (C=O) groups is 1. The number of hydrogen-bond donors (Lipinski definition) is 1. The van der Waals surface area contributed by atoms with E-state index in [0.29, 0.717) is 17.4 Å². The van der Waals surface area contributed by atoms with E-state index < -0.39 is 10.0 Å². The number of hydrogen-bond acceptors (Lipinski definition) is 3. The highest BCUT2D eigenvalue weighted by Gasteiger charge is 2.27. The van der Waals surface area contributed by atoms with Crippen LogP contribution in [-0.2, 0) is 10.0 Å². The predicted molar refractivity (Wildman–Crippen MR) is 90.7 cm³/mol. The molecule has 1 aromatic carbocycles. The molecule has 1 aliphatic heterocycles. The fourth-order valence-electron chi connectivity index (χ4n) is 3.19. The van der Waals surface area contributed by atoms with Crippen LogP contribution in [0.25, 0.3) is 0 Å². The van der Waals surface area contributed by atoms with Gasteiger partial charge in [-0.15, -0.1) is 0 Å². The number of likely N-dealkylation sites (tertiary alicyclic amines) is 1. The van der Waals surface area contributed by atoms with Crippen LogP contribution in [0.5, 0.6) is 0 Å². The van der Waals surface area contributed by atoms with Gasteiger partial charge in [-0.05, 0) is 50.3 Å². The van der Waals surface area contributed by atoms with E-state index >= 15 is 0 Å². The molecule has 0 spiro atoms. The molecule has 5 nitrogen and oxygen atoms in total. The van der Waals surface area contributed by atoms with Gasteiger partial charge in [-0.25, -0.2) is 13.1 Å². The first-order valence-electron chi connectivity index (χ1n) is 8.10. The van der Waals surface area contributed by atoms with Crippen LogP contribution in [0.4, 0.5) is 0 Å². The minimum absolute atomic E-state index is 0.0926. The summed E-state index contributed by atoms with van der Waals surface area (Å²) >= 11 is 0. The lowest BCUT2D eigenvalue weighted by molar-refractivity contribution is 0.0623. The van der Waals surface area contributed by atoms with Gasteiger partial charge in [-0.2, -0.15) is 0 Å². The summed E-state index contributed by atoms with van der Waals surface area (Å²) < 4.78 is 27.1. The van der Waals surface area contributed by atoms with Crippen molar-refractivity contribution in [2.75, 3.05) is 13.1 Å². The fraction of sp³-hybridized carbons (Fsp3) is 0.588. The summed E-state index contributed by atoms with van der Waals surface area (Å²) in [4.78, 5) is 14.7. The van der Waals surface area contributed by atoms with E-state index in [0.717, 1.165) is 19.5 Å². The van der Waals surface area contributed by atoms with Crippen molar-refractivity contribution in [2.45, 2.75) is 45.1 Å². The lowest BCUT2D eigenvalue weighted by Gasteiger charge is -2.35. The normalized spacial score (nSPS) is 22.4. The minimum atomic E-state index is -3.59. The third-order valence-corrected chi connectivity index (χ3v) is 5.59. The second-order valence-corrected chi connectivity index (χ2v) is 8.67. The minimum Gasteiger partial charge on any atom is -0.338 e. The first kappa shape index (κ1) is 17.9. The molecule has 0 bridgehead atoms. The van der Waals surface area contributed by atoms with Gasteiger partial charge in [0.2, 0.25) is 10.0 Å². The highest BCUT2D eigenvalue weighted by atomic mass is 32.2. The molecule has 1 amide bonds. The molecule has 6 heteroatoms. The maximum atomic E-state index is 12.7. The molecule has 1 heterocycles. The molecule has 1 aromatic rings. The van der Waals surface area contributed by atoms with Gasteiger partial charge in [-0.3, -0.25) is 4.79 Å². The van der Waals surface area contributed by atoms with Crippen molar-refractivity contribution in [1.29, 1.82) is 0 Å². The summed E-state index contributed by atoms with van der Waals surface area (Å²) in [5.41, 5.74) is 0.429. The van der Waals surface area contributed by atoms with Crippen molar-refractivity contribution in [3.05, 3.63) is 29.8 Å². The lowest BCUT2D eigenvalue weighted by Crippen LogP contribution is -2.42. The second kappa shape index (κ2) is 7.01. The largest absolute Gasteiger partial charge is 0.338 e. The molecule has 1 aliphatic rings. The third kappa shape index (κ3) is 4.54. The van der Waals surface area contributed by atoms with Crippen LogP contribution in [0.15, 0.2) is 29.2 Å². The molecule has 2 rings (SSSR count). The number of benzene rings is 1. The number of carbonyl (C=O) groups excluding carboxylic acids is 1. The summed E-state index contributed by atoms with van der Waals surface area (Å²) in [6.07, 6.45) is 1.12. The Morgan fingerprint density at radius 1 is 1.22 bits per heavy atom. The maximum absolute atomic E-state index is 12.7. The van der Waals surface area contributed by atoms with Crippen LogP contribution < -0.4 is 4.72 Å². The standard InChI is InChI=1S/C17H26N2O3S/c1-12(2)18-23(21,22)16-7-5-6-15(9-16)17(20)19-10-13(3)8-14(4)11-19/h5-7,9,12-14,18H,8,10-11H2,1-4H3. The van der Waals surface area contributed by atoms with Gasteiger partial charge in [0.1, 0.15) is 0 Å². The summed E-state index contributed by atoms with van der Waals surface area (Å²) in [6, 6.07) is 6.10. The van der Waals surface area contributed by atoms with Gasteiger partial charge in [-0.1, -0.05) is 19.9 Å². The Kier molecular flexibility index (Phi) is 5.47. The Morgan fingerprint density at radius 2 is 1.83 bits per heavy atom. The zero-order valence-corrected chi connectivity index (χ0v) is 15.1. The van der Waals surface area contributed by atoms with Crippen LogP contribution in [-0.4, -0.2) is 38.4 Å². The molecule has 0 radical (unpaired) electrons. The van der Waals surface area contributed by atoms with Gasteiger partial charge in [0.05, 0.1) is 4.90 Å². The van der Waals surface area contributed by atoms with Crippen molar-refractivity contribution >= 4 is 15.9 Å². The Hall–Kier alpha value is -1.40. The zero-order chi connectivity index (χ0) is 17.2. The molecule has 1 fully saturated rings. The summed E-state index contributed by atoms with van der Waals surface area (Å²) in [5, 5.41) is 0. The van der Waals surface area contributed by atoms with Gasteiger partial charge in [0.15, 0.2) is 0 Å². The van der Waals surface area contributed by atoms with Crippen LogP contribution in [0.2, 0.25) is 0 Å². The average molecular weight is 338 g/mol. The van der Waals surface area contributed by atoms with E-state index in [2.05, 4.69) is 18.6 Å². The molecule has 0 saturated carbocycles. The Labute approximate surface area is 139 Å². The van der Waals surface area contributed by atoms with Crippen molar-refractivity contribution in [1.82, 2.24) is 9.62 Å². The van der Waals surface area contributed by atoms with E-state index in [1.54, 1.807) is 26.0 Å². The van der Waals surface area contributed by atoms with E-state index in [1.807, 2.05) is 4.90 Å². The number of piperidine rings is 1. The van der Waals surface area contributed by atoms with Crippen molar-refractivity contribution in [3.8, 4) is 0 Å². The monoisotopic (exact) mass is 338 g/mol. The number of amides is 1. The topological polar surface area (TPSA) is 66.5 Å². The van der Waals surface area contributed by atoms with Gasteiger partial charge < -0.3 is 4.90 Å². The number of nitrogens with zero attached hydrogens (tertiary/aromatic N) is 1. The lowest BCUT2D eigenvalue weighted by atomic mass is 9.91. The number of nitrogens with one attached hydrogen (secondary N) is 1. The molecule has 128 valence electrons. The van der Waals surface area contributed by atoms with Crippen LogP contribution in [0.1, 0.15) is 44.5 Å². The predicted octanol–water partition coefficient (Wildman–Crippen LogP) is 2.49. The average Bonchev–Trinajstić information content (AvgIpc) is 2.44. The number of sulfonamides is 1. The Balaban J connectivity index is 2.24. The van der Waals surface area contributed by atoms with Crippen LogP contribution in [0, 0.1) is 11.8 Å². The quantitative estimate of drug-likeness (QED) is 0.917. The molecule has 1 N–H and O–H groups in total. The summed E-state index contributed by atoms with van der Waals surface area (Å²) in [7, 11) is -3.59. The van der Waals surface area contributed by atoms with Gasteiger partial charge in [0, 0.05) is 24.7 Å². The van der Waals surface area contributed by atoms with Crippen LogP contribution in [0.3, 0.4) is 0 Å². The number of rotatable bonds is 4. The highest BCUT2D eigenvalue weighted by molar-refractivity contribution is 7.89. The first-order valence-corrected chi connectivity index (χ1v) is 9.59. The molecule has 23 heavy (non-hydrogen) atoms. The summed E-state index contributed by atoms with van der Waals surface area (Å²) in [6.45, 7) is 9.27.